The molecule has 0 bridgehead atoms. The van der Waals surface area contributed by atoms with E-state index in [0.717, 1.165) is 31.4 Å². The van der Waals surface area contributed by atoms with Gasteiger partial charge in [0.05, 0.1) is 5.92 Å². The fraction of sp³-hybridized carbons (Fsp3) is 0.458. The molecule has 2 aliphatic heterocycles. The van der Waals surface area contributed by atoms with E-state index >= 15 is 0 Å². The Labute approximate surface area is 201 Å². The molecule has 2 amide bonds. The smallest absolute Gasteiger partial charge is 0.273 e. The fourth-order valence-corrected chi connectivity index (χ4v) is 5.72. The molecule has 0 unspecified atom stereocenters. The highest BCUT2D eigenvalue weighted by molar-refractivity contribution is 7.22. The van der Waals surface area contributed by atoms with Gasteiger partial charge in [-0.25, -0.2) is 4.98 Å². The number of nitrogens with zero attached hydrogens (tertiary/aromatic N) is 5. The van der Waals surface area contributed by atoms with Crippen LogP contribution in [0.25, 0.3) is 10.3 Å². The van der Waals surface area contributed by atoms with E-state index in [4.69, 9.17) is 0 Å². The summed E-state index contributed by atoms with van der Waals surface area (Å²) in [6.45, 7) is 5.06. The van der Waals surface area contributed by atoms with Crippen molar-refractivity contribution < 1.29 is 9.59 Å². The second-order valence-electron chi connectivity index (χ2n) is 8.84. The summed E-state index contributed by atoms with van der Waals surface area (Å²) in [5.74, 6) is -0.117. The average Bonchev–Trinajstić information content (AvgIpc) is 3.31. The van der Waals surface area contributed by atoms with Gasteiger partial charge in [-0.2, -0.15) is 4.98 Å². The van der Waals surface area contributed by atoms with Crippen molar-refractivity contribution in [1.29, 1.82) is 0 Å². The van der Waals surface area contributed by atoms with Gasteiger partial charge in [0.15, 0.2) is 10.8 Å². The molecule has 0 spiro atoms. The van der Waals surface area contributed by atoms with E-state index in [2.05, 4.69) is 26.3 Å². The number of amides is 2. The Kier molecular flexibility index (Phi) is 6.32. The Morgan fingerprint density at radius 2 is 2.03 bits per heavy atom. The van der Waals surface area contributed by atoms with Gasteiger partial charge in [0, 0.05) is 32.7 Å². The number of benzene rings is 1. The molecule has 0 saturated carbocycles. The highest BCUT2D eigenvalue weighted by Gasteiger charge is 2.28. The van der Waals surface area contributed by atoms with Crippen molar-refractivity contribution >= 4 is 38.6 Å². The van der Waals surface area contributed by atoms with Crippen molar-refractivity contribution in [2.45, 2.75) is 39.3 Å². The molecule has 2 aromatic heterocycles. The molecular weight excluding hydrogens is 452 g/mol. The highest BCUT2D eigenvalue weighted by atomic mass is 32.1. The van der Waals surface area contributed by atoms with Gasteiger partial charge in [0.25, 0.3) is 5.56 Å². The number of piperidine rings is 1. The molecular formula is C24H28N6O3S. The molecule has 2 aliphatic rings. The van der Waals surface area contributed by atoms with E-state index in [-0.39, 0.29) is 29.8 Å². The molecule has 9 nitrogen and oxygen atoms in total. The number of rotatable bonds is 5. The lowest BCUT2D eigenvalue weighted by Gasteiger charge is -2.31. The molecule has 1 atom stereocenters. The molecule has 3 aromatic rings. The molecule has 178 valence electrons. The maximum Gasteiger partial charge on any atom is 0.273 e. The van der Waals surface area contributed by atoms with Crippen LogP contribution in [0.5, 0.6) is 0 Å². The van der Waals surface area contributed by atoms with Gasteiger partial charge in [-0.1, -0.05) is 35.6 Å². The van der Waals surface area contributed by atoms with Crippen molar-refractivity contribution in [3.63, 3.8) is 0 Å². The van der Waals surface area contributed by atoms with E-state index in [1.165, 1.54) is 27.8 Å². The fourth-order valence-electron chi connectivity index (χ4n) is 4.72. The monoisotopic (exact) mass is 480 g/mol. The van der Waals surface area contributed by atoms with Crippen molar-refractivity contribution in [1.82, 2.24) is 24.8 Å². The number of carbonyl (C=O) groups is 2. The number of thiazole rings is 1. The minimum Gasteiger partial charge on any atom is -0.356 e. The van der Waals surface area contributed by atoms with E-state index < -0.39 is 0 Å². The Morgan fingerprint density at radius 1 is 1.21 bits per heavy atom. The van der Waals surface area contributed by atoms with Gasteiger partial charge in [-0.3, -0.25) is 19.0 Å². The zero-order valence-corrected chi connectivity index (χ0v) is 20.0. The van der Waals surface area contributed by atoms with Crippen LogP contribution in [0.3, 0.4) is 0 Å². The van der Waals surface area contributed by atoms with Crippen molar-refractivity contribution in [3.05, 3.63) is 52.1 Å². The number of carbonyl (C=O) groups excluding carboxylic acids is 2. The van der Waals surface area contributed by atoms with Gasteiger partial charge >= 0.3 is 0 Å². The van der Waals surface area contributed by atoms with Crippen LogP contribution in [0.2, 0.25) is 0 Å². The topological polar surface area (TPSA) is 100 Å². The van der Waals surface area contributed by atoms with Gasteiger partial charge < -0.3 is 15.1 Å². The maximum absolute atomic E-state index is 13.1. The van der Waals surface area contributed by atoms with Crippen LogP contribution >= 0.6 is 11.3 Å². The van der Waals surface area contributed by atoms with E-state index in [1.54, 1.807) is 4.90 Å². The summed E-state index contributed by atoms with van der Waals surface area (Å²) >= 11 is 1.29. The van der Waals surface area contributed by atoms with Crippen LogP contribution in [0.4, 0.5) is 5.13 Å². The second-order valence-corrected chi connectivity index (χ2v) is 9.82. The number of hydrogen-bond acceptors (Lipinski definition) is 7. The predicted octanol–water partition coefficient (Wildman–Crippen LogP) is 1.79. The van der Waals surface area contributed by atoms with Crippen LogP contribution in [0.15, 0.2) is 35.4 Å². The number of fused-ring (bicyclic) bond motifs is 2. The van der Waals surface area contributed by atoms with Gasteiger partial charge in [-0.15, -0.1) is 0 Å². The summed E-state index contributed by atoms with van der Waals surface area (Å²) < 4.78 is 1.82. The first-order chi connectivity index (χ1) is 16.5. The average molecular weight is 481 g/mol. The lowest BCUT2D eigenvalue weighted by molar-refractivity contribution is -0.132. The first-order valence-corrected chi connectivity index (χ1v) is 12.6. The molecule has 4 heterocycles. The highest BCUT2D eigenvalue weighted by Crippen LogP contribution is 2.29. The van der Waals surface area contributed by atoms with Crippen molar-refractivity contribution in [2.75, 3.05) is 31.1 Å². The number of aromatic nitrogens is 3. The normalized spacial score (nSPS) is 18.1. The molecule has 0 aliphatic carbocycles. The minimum atomic E-state index is -0.253. The van der Waals surface area contributed by atoms with Gasteiger partial charge in [0.1, 0.15) is 17.6 Å². The standard InChI is InChI=1S/C24H28N6O3S/c1-2-25-22(32)18-8-5-10-29(13-18)24-27-21-20(34-24)23(33)30(15-26-21)14-19(31)28-11-9-16-6-3-4-7-17(16)12-28/h3-4,6-7,15,18H,2,5,8-14H2,1H3,(H,25,32)/t18-/m0/s1. The third-order valence-electron chi connectivity index (χ3n) is 6.58. The third kappa shape index (κ3) is 4.42. The van der Waals surface area contributed by atoms with E-state index in [1.807, 2.05) is 25.1 Å². The maximum atomic E-state index is 13.1. The lowest BCUT2D eigenvalue weighted by Crippen LogP contribution is -2.43. The number of anilines is 1. The van der Waals surface area contributed by atoms with Crippen LogP contribution < -0.4 is 15.8 Å². The van der Waals surface area contributed by atoms with Crippen LogP contribution in [-0.2, 0) is 29.1 Å². The lowest BCUT2D eigenvalue weighted by atomic mass is 9.97. The second kappa shape index (κ2) is 9.54. The largest absolute Gasteiger partial charge is 0.356 e. The Balaban J connectivity index is 1.32. The van der Waals surface area contributed by atoms with E-state index in [9.17, 15) is 14.4 Å². The van der Waals surface area contributed by atoms with Crippen molar-refractivity contribution in [3.8, 4) is 0 Å². The first-order valence-electron chi connectivity index (χ1n) is 11.8. The Hall–Kier alpha value is -3.27. The molecule has 1 aromatic carbocycles. The van der Waals surface area contributed by atoms with Crippen LogP contribution in [0, 0.1) is 5.92 Å². The van der Waals surface area contributed by atoms with Crippen LogP contribution in [0.1, 0.15) is 30.9 Å². The molecule has 10 heteroatoms. The molecule has 0 radical (unpaired) electrons. The Morgan fingerprint density at radius 3 is 2.85 bits per heavy atom. The number of hydrogen-bond donors (Lipinski definition) is 1. The summed E-state index contributed by atoms with van der Waals surface area (Å²) in [6.07, 6.45) is 3.97. The Bertz CT molecular complexity index is 1290. The third-order valence-corrected chi connectivity index (χ3v) is 7.67. The zero-order chi connectivity index (χ0) is 23.7. The summed E-state index contributed by atoms with van der Waals surface area (Å²) in [5, 5.41) is 3.60. The molecule has 5 rings (SSSR count). The predicted molar refractivity (Wildman–Crippen MR) is 131 cm³/mol. The minimum absolute atomic E-state index is 0.0415. The summed E-state index contributed by atoms with van der Waals surface area (Å²) in [5.41, 5.74) is 2.57. The van der Waals surface area contributed by atoms with Crippen molar-refractivity contribution in [2.24, 2.45) is 5.92 Å². The summed E-state index contributed by atoms with van der Waals surface area (Å²) in [4.78, 5) is 51.2. The van der Waals surface area contributed by atoms with Gasteiger partial charge in [0.2, 0.25) is 11.8 Å². The zero-order valence-electron chi connectivity index (χ0n) is 19.2. The summed E-state index contributed by atoms with van der Waals surface area (Å²) in [6, 6.07) is 8.15. The first kappa shape index (κ1) is 22.5. The molecule has 1 fully saturated rings. The number of nitrogens with one attached hydrogen (secondary N) is 1. The SMILES string of the molecule is CCNC(=O)[C@H]1CCCN(c2nc3ncn(CC(=O)N4CCc5ccccc5C4)c(=O)c3s2)C1. The molecule has 34 heavy (non-hydrogen) atoms. The summed E-state index contributed by atoms with van der Waals surface area (Å²) in [7, 11) is 0. The molecule has 1 N–H and O–H groups in total. The quantitative estimate of drug-likeness (QED) is 0.598. The van der Waals surface area contributed by atoms with Gasteiger partial charge in [-0.05, 0) is 37.3 Å². The van der Waals surface area contributed by atoms with Crippen LogP contribution in [-0.4, -0.2) is 57.4 Å². The molecule has 1 saturated heterocycles. The van der Waals surface area contributed by atoms with E-state index in [0.29, 0.717) is 41.7 Å².